The first-order chi connectivity index (χ1) is 14.3. The van der Waals surface area contributed by atoms with Gasteiger partial charge in [-0.3, -0.25) is 10.1 Å². The van der Waals surface area contributed by atoms with Crippen molar-refractivity contribution in [1.29, 1.82) is 0 Å². The molecule has 1 aromatic carbocycles. The third-order valence-corrected chi connectivity index (χ3v) is 7.67. The van der Waals surface area contributed by atoms with Crippen LogP contribution in [0, 0.1) is 11.8 Å². The lowest BCUT2D eigenvalue weighted by Crippen LogP contribution is -2.42. The van der Waals surface area contributed by atoms with Gasteiger partial charge in [0.2, 0.25) is 10.0 Å². The van der Waals surface area contributed by atoms with Crippen LogP contribution < -0.4 is 5.32 Å². The highest BCUT2D eigenvalue weighted by molar-refractivity contribution is 7.89. The molecule has 1 saturated heterocycles. The molecule has 0 radical (unpaired) electrons. The Morgan fingerprint density at radius 1 is 1.13 bits per heavy atom. The van der Waals surface area contributed by atoms with Crippen molar-refractivity contribution in [1.82, 2.24) is 14.5 Å². The summed E-state index contributed by atoms with van der Waals surface area (Å²) < 4.78 is 32.9. The quantitative estimate of drug-likeness (QED) is 0.640. The second-order valence-electron chi connectivity index (χ2n) is 7.64. The van der Waals surface area contributed by atoms with Crippen molar-refractivity contribution >= 4 is 33.3 Å². The Hall–Kier alpha value is -2.56. The summed E-state index contributed by atoms with van der Waals surface area (Å²) in [7, 11) is -3.59. The Morgan fingerprint density at radius 3 is 2.47 bits per heavy atom. The number of amides is 1. The van der Waals surface area contributed by atoms with E-state index in [1.165, 1.54) is 39.9 Å². The van der Waals surface area contributed by atoms with E-state index >= 15 is 0 Å². The van der Waals surface area contributed by atoms with Crippen LogP contribution >= 0.6 is 11.3 Å². The number of hydrogen-bond donors (Lipinski definition) is 1. The number of piperidine rings is 1. The fourth-order valence-corrected chi connectivity index (χ4v) is 6.00. The van der Waals surface area contributed by atoms with Crippen LogP contribution in [0.2, 0.25) is 0 Å². The second-order valence-corrected chi connectivity index (χ2v) is 10.5. The minimum atomic E-state index is -3.59. The molecule has 1 amide bonds. The average molecular weight is 447 g/mol. The van der Waals surface area contributed by atoms with E-state index in [0.717, 1.165) is 11.3 Å². The summed E-state index contributed by atoms with van der Waals surface area (Å²) in [6, 6.07) is 9.57. The molecular weight excluding hydrogens is 424 g/mol. The molecule has 0 unspecified atom stereocenters. The molecule has 0 spiro atoms. The zero-order valence-electron chi connectivity index (χ0n) is 16.6. The molecule has 1 aliphatic heterocycles. The summed E-state index contributed by atoms with van der Waals surface area (Å²) >= 11 is 1.45. The Bertz CT molecular complexity index is 1110. The van der Waals surface area contributed by atoms with Gasteiger partial charge in [0.15, 0.2) is 0 Å². The van der Waals surface area contributed by atoms with Crippen molar-refractivity contribution in [2.75, 3.05) is 18.4 Å². The van der Waals surface area contributed by atoms with Gasteiger partial charge in [-0.2, -0.15) is 4.31 Å². The molecule has 158 valence electrons. The van der Waals surface area contributed by atoms with Gasteiger partial charge in [0, 0.05) is 18.7 Å². The van der Waals surface area contributed by atoms with Gasteiger partial charge >= 0.3 is 6.01 Å². The number of hydrogen-bond acceptors (Lipinski definition) is 7. The maximum absolute atomic E-state index is 13.0. The Labute approximate surface area is 179 Å². The summed E-state index contributed by atoms with van der Waals surface area (Å²) in [4.78, 5) is 13.4. The lowest BCUT2D eigenvalue weighted by molar-refractivity contribution is 0.102. The van der Waals surface area contributed by atoms with Crippen LogP contribution in [0.4, 0.5) is 6.01 Å². The topological polar surface area (TPSA) is 105 Å². The van der Waals surface area contributed by atoms with Crippen LogP contribution in [0.3, 0.4) is 0 Å². The smallest absolute Gasteiger partial charge is 0.322 e. The number of carbonyl (C=O) groups excluding carboxylic acids is 1. The second kappa shape index (κ2) is 8.29. The molecule has 3 heterocycles. The molecule has 30 heavy (non-hydrogen) atoms. The van der Waals surface area contributed by atoms with Gasteiger partial charge in [-0.25, -0.2) is 8.42 Å². The zero-order chi connectivity index (χ0) is 21.3. The molecule has 0 saturated carbocycles. The molecule has 0 bridgehead atoms. The van der Waals surface area contributed by atoms with E-state index in [0.29, 0.717) is 36.4 Å². The van der Waals surface area contributed by atoms with Crippen molar-refractivity contribution in [2.24, 2.45) is 11.8 Å². The summed E-state index contributed by atoms with van der Waals surface area (Å²) in [6.45, 7) is 5.15. The van der Waals surface area contributed by atoms with Crippen LogP contribution in [0.1, 0.15) is 30.6 Å². The highest BCUT2D eigenvalue weighted by Crippen LogP contribution is 2.27. The Morgan fingerprint density at radius 2 is 1.83 bits per heavy atom. The van der Waals surface area contributed by atoms with Crippen molar-refractivity contribution in [3.63, 3.8) is 0 Å². The number of rotatable bonds is 5. The Kier molecular flexibility index (Phi) is 5.72. The molecule has 3 aromatic rings. The van der Waals surface area contributed by atoms with Gasteiger partial charge in [0.1, 0.15) is 0 Å². The lowest BCUT2D eigenvalue weighted by atomic mass is 9.94. The van der Waals surface area contributed by atoms with Crippen LogP contribution in [-0.2, 0) is 10.0 Å². The third-order valence-electron chi connectivity index (χ3n) is 4.97. The molecule has 1 aliphatic rings. The van der Waals surface area contributed by atoms with E-state index in [9.17, 15) is 13.2 Å². The monoisotopic (exact) mass is 446 g/mol. The first kappa shape index (κ1) is 20.7. The predicted octanol–water partition coefficient (Wildman–Crippen LogP) is 3.72. The molecule has 2 atom stereocenters. The number of anilines is 1. The fraction of sp³-hybridized carbons (Fsp3) is 0.350. The van der Waals surface area contributed by atoms with E-state index in [1.54, 1.807) is 0 Å². The standard InChI is InChI=1S/C20H22N4O4S2/c1-13-10-14(2)12-24(11-13)30(26,27)16-7-5-15(6-8-16)18(25)21-20-23-22-19(28-20)17-4-3-9-29-17/h3-9,13-14H,10-12H2,1-2H3,(H,21,23,25)/t13-,14+. The highest BCUT2D eigenvalue weighted by atomic mass is 32.2. The molecule has 8 nitrogen and oxygen atoms in total. The first-order valence-electron chi connectivity index (χ1n) is 9.62. The third kappa shape index (κ3) is 4.30. The van der Waals surface area contributed by atoms with Gasteiger partial charge < -0.3 is 4.42 Å². The molecule has 1 fully saturated rings. The number of thiophene rings is 1. The largest absolute Gasteiger partial charge is 0.402 e. The first-order valence-corrected chi connectivity index (χ1v) is 11.9. The van der Waals surface area contributed by atoms with Gasteiger partial charge in [0.05, 0.1) is 9.77 Å². The van der Waals surface area contributed by atoms with Crippen molar-refractivity contribution in [3.8, 4) is 10.8 Å². The summed E-state index contributed by atoms with van der Waals surface area (Å²) in [6.07, 6.45) is 1.02. The number of sulfonamides is 1. The van der Waals surface area contributed by atoms with Gasteiger partial charge in [0.25, 0.3) is 11.8 Å². The minimum Gasteiger partial charge on any atom is -0.402 e. The summed E-state index contributed by atoms with van der Waals surface area (Å²) in [5.41, 5.74) is 0.296. The Balaban J connectivity index is 1.46. The van der Waals surface area contributed by atoms with E-state index in [1.807, 2.05) is 17.5 Å². The normalized spacial score (nSPS) is 20.2. The van der Waals surface area contributed by atoms with E-state index in [4.69, 9.17) is 4.42 Å². The molecule has 4 rings (SSSR count). The number of benzene rings is 1. The van der Waals surface area contributed by atoms with Gasteiger partial charge in [-0.15, -0.1) is 16.4 Å². The molecule has 1 N–H and O–H groups in total. The maximum atomic E-state index is 13.0. The number of nitrogens with zero attached hydrogens (tertiary/aromatic N) is 3. The van der Waals surface area contributed by atoms with E-state index in [2.05, 4.69) is 29.4 Å². The SMILES string of the molecule is C[C@@H]1C[C@H](C)CN(S(=O)(=O)c2ccc(C(=O)Nc3nnc(-c4cccs4)o3)cc2)C1. The van der Waals surface area contributed by atoms with Crippen LogP contribution in [-0.4, -0.2) is 41.9 Å². The lowest BCUT2D eigenvalue weighted by Gasteiger charge is -2.34. The van der Waals surface area contributed by atoms with Crippen molar-refractivity contribution in [3.05, 3.63) is 47.3 Å². The van der Waals surface area contributed by atoms with Crippen LogP contribution in [0.5, 0.6) is 0 Å². The van der Waals surface area contributed by atoms with E-state index < -0.39 is 15.9 Å². The van der Waals surface area contributed by atoms with Crippen LogP contribution in [0.15, 0.2) is 51.1 Å². The van der Waals surface area contributed by atoms with Crippen molar-refractivity contribution in [2.45, 2.75) is 25.2 Å². The molecule has 0 aliphatic carbocycles. The maximum Gasteiger partial charge on any atom is 0.322 e. The number of nitrogens with one attached hydrogen (secondary N) is 1. The van der Waals surface area contributed by atoms with Gasteiger partial charge in [-0.1, -0.05) is 25.0 Å². The average Bonchev–Trinajstić information content (AvgIpc) is 3.39. The fourth-order valence-electron chi connectivity index (χ4n) is 3.67. The summed E-state index contributed by atoms with van der Waals surface area (Å²) in [5, 5.41) is 12.2. The molecule has 10 heteroatoms. The van der Waals surface area contributed by atoms with Crippen LogP contribution in [0.25, 0.3) is 10.8 Å². The zero-order valence-corrected chi connectivity index (χ0v) is 18.2. The van der Waals surface area contributed by atoms with Gasteiger partial charge in [-0.05, 0) is 54.0 Å². The number of aromatic nitrogens is 2. The minimum absolute atomic E-state index is 0.0172. The highest BCUT2D eigenvalue weighted by Gasteiger charge is 2.31. The van der Waals surface area contributed by atoms with Crippen molar-refractivity contribution < 1.29 is 17.6 Å². The summed E-state index contributed by atoms with van der Waals surface area (Å²) in [5.74, 6) is 0.511. The number of carbonyl (C=O) groups is 1. The van der Waals surface area contributed by atoms with E-state index in [-0.39, 0.29) is 10.9 Å². The predicted molar refractivity (Wildman–Crippen MR) is 114 cm³/mol. The molecular formula is C20H22N4O4S2. The molecule has 2 aromatic heterocycles.